The molecule has 34 heavy (non-hydrogen) atoms. The van der Waals surface area contributed by atoms with Crippen LogP contribution in [0.2, 0.25) is 0 Å². The zero-order valence-corrected chi connectivity index (χ0v) is 18.6. The summed E-state index contributed by atoms with van der Waals surface area (Å²) in [7, 11) is 1.34. The molecule has 0 aliphatic heterocycles. The van der Waals surface area contributed by atoms with Crippen LogP contribution < -0.4 is 10.6 Å². The molecule has 2 aromatic carbocycles. The van der Waals surface area contributed by atoms with Crippen LogP contribution in [0.5, 0.6) is 0 Å². The van der Waals surface area contributed by atoms with Crippen molar-refractivity contribution in [2.75, 3.05) is 19.0 Å². The van der Waals surface area contributed by atoms with Gasteiger partial charge in [0.25, 0.3) is 5.91 Å². The van der Waals surface area contributed by atoms with E-state index in [-0.39, 0.29) is 24.0 Å². The molecule has 1 aliphatic rings. The Morgan fingerprint density at radius 2 is 1.65 bits per heavy atom. The highest BCUT2D eigenvalue weighted by Gasteiger charge is 2.31. The summed E-state index contributed by atoms with van der Waals surface area (Å²) in [6, 6.07) is 16.0. The molecule has 9 heteroatoms. The van der Waals surface area contributed by atoms with E-state index in [9.17, 15) is 19.5 Å². The maximum absolute atomic E-state index is 12.6. The molecule has 9 nitrogen and oxygen atoms in total. The molecule has 0 saturated heterocycles. The predicted octanol–water partition coefficient (Wildman–Crippen LogP) is 3.86. The fourth-order valence-electron chi connectivity index (χ4n) is 4.05. The van der Waals surface area contributed by atoms with Crippen LogP contribution in [-0.4, -0.2) is 48.9 Å². The van der Waals surface area contributed by atoms with Gasteiger partial charge in [0.2, 0.25) is 5.76 Å². The fraction of sp³-hybridized carbons (Fsp3) is 0.240. The molecule has 0 radical (unpaired) electrons. The van der Waals surface area contributed by atoms with E-state index in [0.29, 0.717) is 0 Å². The minimum absolute atomic E-state index is 0.0592. The Kier molecular flexibility index (Phi) is 6.65. The molecular formula is C25H24N2O7. The topological polar surface area (TPSA) is 127 Å². The van der Waals surface area contributed by atoms with Crippen LogP contribution in [0.25, 0.3) is 11.1 Å². The maximum atomic E-state index is 12.6. The van der Waals surface area contributed by atoms with E-state index in [0.717, 1.165) is 22.3 Å². The second-order valence-corrected chi connectivity index (χ2v) is 7.84. The summed E-state index contributed by atoms with van der Waals surface area (Å²) < 4.78 is 15.7. The summed E-state index contributed by atoms with van der Waals surface area (Å²) in [4.78, 5) is 36.5. The van der Waals surface area contributed by atoms with E-state index in [1.165, 1.54) is 26.4 Å². The standard InChI is InChI=1S/C25H24N2O7/c1-14(32-2)21(24(29)30)27-23(28)22-20(11-12-33-22)26-25(31)34-13-19-17-9-5-3-7-15(17)16-8-4-6-10-18(16)19/h3-12,14,19,21H,13H2,1-2H3,(H,26,31)(H,27,28)(H,29,30). The highest BCUT2D eigenvalue weighted by molar-refractivity contribution is 6.01. The van der Waals surface area contributed by atoms with E-state index in [1.54, 1.807) is 0 Å². The van der Waals surface area contributed by atoms with Crippen molar-refractivity contribution < 1.29 is 33.4 Å². The first kappa shape index (κ1) is 23.1. The lowest BCUT2D eigenvalue weighted by Gasteiger charge is -2.19. The third kappa shape index (κ3) is 4.51. The summed E-state index contributed by atoms with van der Waals surface area (Å²) in [5.41, 5.74) is 4.43. The number of fused-ring (bicyclic) bond motifs is 3. The van der Waals surface area contributed by atoms with E-state index >= 15 is 0 Å². The molecular weight excluding hydrogens is 440 g/mol. The van der Waals surface area contributed by atoms with Crippen LogP contribution in [0.1, 0.15) is 34.5 Å². The molecule has 0 fully saturated rings. The number of carboxylic acids is 1. The van der Waals surface area contributed by atoms with Gasteiger partial charge in [0, 0.05) is 19.1 Å². The number of nitrogens with one attached hydrogen (secondary N) is 2. The highest BCUT2D eigenvalue weighted by atomic mass is 16.5. The van der Waals surface area contributed by atoms with Gasteiger partial charge in [-0.05, 0) is 29.2 Å². The number of amides is 2. The summed E-state index contributed by atoms with van der Waals surface area (Å²) in [6.45, 7) is 1.61. The molecule has 2 amide bonds. The Morgan fingerprint density at radius 3 is 2.24 bits per heavy atom. The van der Waals surface area contributed by atoms with Gasteiger partial charge in [-0.1, -0.05) is 48.5 Å². The van der Waals surface area contributed by atoms with Crippen LogP contribution in [-0.2, 0) is 14.3 Å². The average molecular weight is 464 g/mol. The van der Waals surface area contributed by atoms with Gasteiger partial charge < -0.3 is 24.3 Å². The number of ether oxygens (including phenoxy) is 2. The molecule has 1 aromatic heterocycles. The molecule has 4 rings (SSSR count). The van der Waals surface area contributed by atoms with Crippen LogP contribution in [0, 0.1) is 0 Å². The predicted molar refractivity (Wildman–Crippen MR) is 123 cm³/mol. The smallest absolute Gasteiger partial charge is 0.411 e. The van der Waals surface area contributed by atoms with Gasteiger partial charge in [-0.2, -0.15) is 0 Å². The number of carbonyl (C=O) groups is 3. The van der Waals surface area contributed by atoms with Crippen molar-refractivity contribution in [2.24, 2.45) is 0 Å². The molecule has 3 aromatic rings. The summed E-state index contributed by atoms with van der Waals surface area (Å²) in [6.07, 6.45) is -0.337. The zero-order chi connectivity index (χ0) is 24.2. The Balaban J connectivity index is 1.42. The van der Waals surface area contributed by atoms with Crippen molar-refractivity contribution in [3.8, 4) is 11.1 Å². The van der Waals surface area contributed by atoms with E-state index in [1.807, 2.05) is 48.5 Å². The average Bonchev–Trinajstić information content (AvgIpc) is 3.43. The van der Waals surface area contributed by atoms with Crippen molar-refractivity contribution in [3.05, 3.63) is 77.7 Å². The van der Waals surface area contributed by atoms with Gasteiger partial charge in [-0.15, -0.1) is 0 Å². The number of hydrogen-bond donors (Lipinski definition) is 3. The summed E-state index contributed by atoms with van der Waals surface area (Å²) in [5.74, 6) is -2.43. The van der Waals surface area contributed by atoms with Crippen molar-refractivity contribution in [2.45, 2.75) is 25.0 Å². The Morgan fingerprint density at radius 1 is 1.03 bits per heavy atom. The van der Waals surface area contributed by atoms with E-state index in [2.05, 4.69) is 10.6 Å². The first-order chi connectivity index (χ1) is 16.4. The van der Waals surface area contributed by atoms with Gasteiger partial charge in [-0.3, -0.25) is 10.1 Å². The normalized spacial score (nSPS) is 13.9. The minimum Gasteiger partial charge on any atom is -0.480 e. The van der Waals surface area contributed by atoms with Crippen molar-refractivity contribution in [1.82, 2.24) is 5.32 Å². The van der Waals surface area contributed by atoms with Crippen molar-refractivity contribution in [3.63, 3.8) is 0 Å². The minimum atomic E-state index is -1.30. The quantitative estimate of drug-likeness (QED) is 0.462. The lowest BCUT2D eigenvalue weighted by molar-refractivity contribution is -0.142. The summed E-state index contributed by atoms with van der Waals surface area (Å²) >= 11 is 0. The highest BCUT2D eigenvalue weighted by Crippen LogP contribution is 2.44. The Hall–Kier alpha value is -4.11. The third-order valence-corrected chi connectivity index (χ3v) is 5.85. The molecule has 1 heterocycles. The number of rotatable bonds is 8. The second kappa shape index (κ2) is 9.80. The first-order valence-electron chi connectivity index (χ1n) is 10.7. The number of furan rings is 1. The molecule has 2 atom stereocenters. The first-order valence-corrected chi connectivity index (χ1v) is 10.7. The van der Waals surface area contributed by atoms with Crippen LogP contribution >= 0.6 is 0 Å². The van der Waals surface area contributed by atoms with Crippen LogP contribution in [0.3, 0.4) is 0 Å². The molecule has 0 spiro atoms. The molecule has 0 saturated carbocycles. The number of anilines is 1. The number of aliphatic carboxylic acids is 1. The maximum Gasteiger partial charge on any atom is 0.411 e. The molecule has 0 bridgehead atoms. The fourth-order valence-corrected chi connectivity index (χ4v) is 4.05. The third-order valence-electron chi connectivity index (χ3n) is 5.85. The number of hydrogen-bond acceptors (Lipinski definition) is 6. The zero-order valence-electron chi connectivity index (χ0n) is 18.6. The van der Waals surface area contributed by atoms with Gasteiger partial charge in [0.15, 0.2) is 6.04 Å². The van der Waals surface area contributed by atoms with Crippen LogP contribution in [0.15, 0.2) is 65.3 Å². The lowest BCUT2D eigenvalue weighted by Crippen LogP contribution is -2.48. The van der Waals surface area contributed by atoms with Crippen molar-refractivity contribution >= 4 is 23.7 Å². The van der Waals surface area contributed by atoms with Gasteiger partial charge >= 0.3 is 12.1 Å². The SMILES string of the molecule is COC(C)C(NC(=O)c1occc1NC(=O)OCC1c2ccccc2-c2ccccc21)C(=O)O. The number of methoxy groups -OCH3 is 1. The number of benzene rings is 2. The van der Waals surface area contributed by atoms with Gasteiger partial charge in [-0.25, -0.2) is 9.59 Å². The Bertz CT molecular complexity index is 1170. The number of carboxylic acid groups (broad SMARTS) is 1. The molecule has 2 unspecified atom stereocenters. The van der Waals surface area contributed by atoms with E-state index < -0.39 is 30.1 Å². The number of carbonyl (C=O) groups excluding carboxylic acids is 2. The lowest BCUT2D eigenvalue weighted by atomic mass is 9.98. The molecule has 1 aliphatic carbocycles. The monoisotopic (exact) mass is 464 g/mol. The van der Waals surface area contributed by atoms with Crippen LogP contribution in [0.4, 0.5) is 10.5 Å². The van der Waals surface area contributed by atoms with Crippen molar-refractivity contribution in [1.29, 1.82) is 0 Å². The van der Waals surface area contributed by atoms with E-state index in [4.69, 9.17) is 13.9 Å². The van der Waals surface area contributed by atoms with Gasteiger partial charge in [0.1, 0.15) is 6.61 Å². The van der Waals surface area contributed by atoms with Gasteiger partial charge in [0.05, 0.1) is 18.1 Å². The largest absolute Gasteiger partial charge is 0.480 e. The summed E-state index contributed by atoms with van der Waals surface area (Å²) in [5, 5.41) is 14.2. The molecule has 3 N–H and O–H groups in total. The Labute approximate surface area is 195 Å². The molecule has 176 valence electrons. The second-order valence-electron chi connectivity index (χ2n) is 7.84.